The van der Waals surface area contributed by atoms with Gasteiger partial charge in [0, 0.05) is 29.6 Å². The topological polar surface area (TPSA) is 33.2 Å². The average molecular weight is 345 g/mol. The minimum Gasteiger partial charge on any atom is -0.327 e. The monoisotopic (exact) mass is 344 g/mol. The van der Waals surface area contributed by atoms with Crippen LogP contribution in [0, 0.1) is 6.92 Å². The molecule has 1 aliphatic heterocycles. The summed E-state index contributed by atoms with van der Waals surface area (Å²) in [5.41, 5.74) is 0.970. The van der Waals surface area contributed by atoms with Gasteiger partial charge in [0.1, 0.15) is 9.88 Å². The summed E-state index contributed by atoms with van der Waals surface area (Å²) in [6.45, 7) is 2.68. The normalized spacial score (nSPS) is 19.3. The molecule has 1 aliphatic rings. The van der Waals surface area contributed by atoms with Crippen molar-refractivity contribution < 1.29 is 4.79 Å². The zero-order valence-corrected chi connectivity index (χ0v) is 14.0. The Bertz CT molecular complexity index is 611. The fraction of sp³-hybridized carbons (Fsp3) is 0.385. The fourth-order valence-corrected chi connectivity index (χ4v) is 5.29. The highest BCUT2D eigenvalue weighted by molar-refractivity contribution is 7.99. The van der Waals surface area contributed by atoms with Crippen molar-refractivity contribution in [1.82, 2.24) is 9.88 Å². The van der Waals surface area contributed by atoms with E-state index in [0.29, 0.717) is 9.90 Å². The van der Waals surface area contributed by atoms with Gasteiger partial charge in [-0.1, -0.05) is 11.6 Å². The van der Waals surface area contributed by atoms with Crippen LogP contribution in [0.25, 0.3) is 0 Å². The zero-order valence-electron chi connectivity index (χ0n) is 10.8. The number of thiophene rings is 1. The number of thiazole rings is 1. The number of nitrogens with zero attached hydrogens (tertiary/aromatic N) is 2. The Labute approximate surface area is 135 Å². The SMILES string of the molecule is Cc1csc(C(=O)N2CCSCC2c2nccs2)c1Cl. The van der Waals surface area contributed by atoms with Crippen LogP contribution < -0.4 is 0 Å². The van der Waals surface area contributed by atoms with Gasteiger partial charge >= 0.3 is 0 Å². The maximum absolute atomic E-state index is 12.8. The molecule has 1 amide bonds. The van der Waals surface area contributed by atoms with Gasteiger partial charge in [-0.25, -0.2) is 4.98 Å². The van der Waals surface area contributed by atoms with E-state index < -0.39 is 0 Å². The van der Waals surface area contributed by atoms with E-state index in [-0.39, 0.29) is 11.9 Å². The smallest absolute Gasteiger partial charge is 0.266 e. The highest BCUT2D eigenvalue weighted by Gasteiger charge is 2.32. The van der Waals surface area contributed by atoms with Crippen LogP contribution in [-0.2, 0) is 0 Å². The average Bonchev–Trinajstić information content (AvgIpc) is 3.10. The van der Waals surface area contributed by atoms with Gasteiger partial charge in [-0.3, -0.25) is 4.79 Å². The van der Waals surface area contributed by atoms with Crippen molar-refractivity contribution in [1.29, 1.82) is 0 Å². The van der Waals surface area contributed by atoms with Crippen LogP contribution in [0.4, 0.5) is 0 Å². The molecule has 0 aromatic carbocycles. The summed E-state index contributed by atoms with van der Waals surface area (Å²) in [5.74, 6) is 1.91. The molecule has 0 aliphatic carbocycles. The van der Waals surface area contributed by atoms with Crippen LogP contribution >= 0.6 is 46.0 Å². The first-order chi connectivity index (χ1) is 9.68. The van der Waals surface area contributed by atoms with Gasteiger partial charge in [0.05, 0.1) is 11.1 Å². The summed E-state index contributed by atoms with van der Waals surface area (Å²) in [5, 5.41) is 5.50. The Balaban J connectivity index is 1.90. The van der Waals surface area contributed by atoms with Gasteiger partial charge in [-0.15, -0.1) is 22.7 Å². The highest BCUT2D eigenvalue weighted by atomic mass is 35.5. The van der Waals surface area contributed by atoms with Crippen molar-refractivity contribution in [3.8, 4) is 0 Å². The van der Waals surface area contributed by atoms with E-state index in [2.05, 4.69) is 4.98 Å². The molecule has 1 saturated heterocycles. The van der Waals surface area contributed by atoms with E-state index >= 15 is 0 Å². The van der Waals surface area contributed by atoms with Gasteiger partial charge in [-0.05, 0) is 17.9 Å². The number of rotatable bonds is 2. The van der Waals surface area contributed by atoms with Crippen LogP contribution in [0.2, 0.25) is 5.02 Å². The molecule has 1 unspecified atom stereocenters. The third-order valence-corrected chi connectivity index (χ3v) is 6.80. The molecular formula is C13H13ClN2OS3. The number of amides is 1. The number of carbonyl (C=O) groups is 1. The molecule has 2 aromatic rings. The molecule has 20 heavy (non-hydrogen) atoms. The Morgan fingerprint density at radius 1 is 1.50 bits per heavy atom. The molecular weight excluding hydrogens is 332 g/mol. The van der Waals surface area contributed by atoms with Gasteiger partial charge in [0.25, 0.3) is 5.91 Å². The van der Waals surface area contributed by atoms with E-state index in [1.54, 1.807) is 17.5 Å². The standard InChI is InChI=1S/C13H13ClN2OS3/c1-8-6-20-11(10(8)14)13(17)16-3-5-18-7-9(16)12-15-2-4-19-12/h2,4,6,9H,3,5,7H2,1H3. The minimum atomic E-state index is 0.0357. The second-order valence-corrected chi connectivity index (χ2v) is 7.86. The van der Waals surface area contributed by atoms with Crippen molar-refractivity contribution >= 4 is 51.9 Å². The summed E-state index contributed by atoms with van der Waals surface area (Å²) >= 11 is 11.1. The lowest BCUT2D eigenvalue weighted by Gasteiger charge is -2.34. The molecule has 0 saturated carbocycles. The lowest BCUT2D eigenvalue weighted by molar-refractivity contribution is 0.0706. The Hall–Kier alpha value is -0.560. The first-order valence-electron chi connectivity index (χ1n) is 6.20. The summed E-state index contributed by atoms with van der Waals surface area (Å²) < 4.78 is 0. The summed E-state index contributed by atoms with van der Waals surface area (Å²) in [6.07, 6.45) is 1.80. The number of halogens is 1. The molecule has 0 radical (unpaired) electrons. The second-order valence-electron chi connectivity index (χ2n) is 4.52. The Morgan fingerprint density at radius 3 is 3.00 bits per heavy atom. The zero-order chi connectivity index (χ0) is 14.1. The van der Waals surface area contributed by atoms with Crippen LogP contribution in [0.3, 0.4) is 0 Å². The van der Waals surface area contributed by atoms with Gasteiger partial charge in [-0.2, -0.15) is 11.8 Å². The molecule has 1 fully saturated rings. The van der Waals surface area contributed by atoms with Gasteiger partial charge in [0.2, 0.25) is 0 Å². The number of hydrogen-bond donors (Lipinski definition) is 0. The minimum absolute atomic E-state index is 0.0357. The molecule has 3 nitrogen and oxygen atoms in total. The third-order valence-electron chi connectivity index (χ3n) is 3.22. The van der Waals surface area contributed by atoms with Crippen molar-refractivity contribution in [3.05, 3.63) is 37.4 Å². The Kier molecular flexibility index (Phi) is 4.35. The van der Waals surface area contributed by atoms with Gasteiger partial charge in [0.15, 0.2) is 0 Å². The van der Waals surface area contributed by atoms with Crippen molar-refractivity contribution in [2.75, 3.05) is 18.1 Å². The predicted molar refractivity (Wildman–Crippen MR) is 87.3 cm³/mol. The molecule has 0 bridgehead atoms. The lowest BCUT2D eigenvalue weighted by atomic mass is 10.2. The number of hydrogen-bond acceptors (Lipinski definition) is 5. The van der Waals surface area contributed by atoms with Crippen molar-refractivity contribution in [2.24, 2.45) is 0 Å². The van der Waals surface area contributed by atoms with Crippen LogP contribution in [0.1, 0.15) is 26.3 Å². The van der Waals surface area contributed by atoms with E-state index in [1.807, 2.05) is 34.3 Å². The van der Waals surface area contributed by atoms with E-state index in [0.717, 1.165) is 28.6 Å². The van der Waals surface area contributed by atoms with E-state index in [4.69, 9.17) is 11.6 Å². The maximum atomic E-state index is 12.8. The van der Waals surface area contributed by atoms with Crippen molar-refractivity contribution in [3.63, 3.8) is 0 Å². The summed E-state index contributed by atoms with van der Waals surface area (Å²) in [7, 11) is 0. The largest absolute Gasteiger partial charge is 0.327 e. The molecule has 106 valence electrons. The fourth-order valence-electron chi connectivity index (χ4n) is 2.15. The molecule has 0 N–H and O–H groups in total. The summed E-state index contributed by atoms with van der Waals surface area (Å²) in [4.78, 5) is 19.7. The lowest BCUT2D eigenvalue weighted by Crippen LogP contribution is -2.40. The van der Waals surface area contributed by atoms with Crippen LogP contribution in [0.15, 0.2) is 17.0 Å². The predicted octanol–water partition coefficient (Wildman–Crippen LogP) is 4.10. The molecule has 3 rings (SSSR count). The highest BCUT2D eigenvalue weighted by Crippen LogP contribution is 2.35. The van der Waals surface area contributed by atoms with E-state index in [9.17, 15) is 4.79 Å². The number of thioether (sulfide) groups is 1. The van der Waals surface area contributed by atoms with Crippen LogP contribution in [-0.4, -0.2) is 33.8 Å². The van der Waals surface area contributed by atoms with Crippen molar-refractivity contribution in [2.45, 2.75) is 13.0 Å². The molecule has 0 spiro atoms. The second kappa shape index (κ2) is 6.05. The Morgan fingerprint density at radius 2 is 2.35 bits per heavy atom. The molecule has 2 aromatic heterocycles. The quantitative estimate of drug-likeness (QED) is 0.822. The van der Waals surface area contributed by atoms with Gasteiger partial charge < -0.3 is 4.90 Å². The number of aromatic nitrogens is 1. The maximum Gasteiger partial charge on any atom is 0.266 e. The first-order valence-corrected chi connectivity index (χ1v) is 9.49. The first kappa shape index (κ1) is 14.4. The third kappa shape index (κ3) is 2.62. The van der Waals surface area contributed by atoms with E-state index in [1.165, 1.54) is 11.3 Å². The molecule has 1 atom stereocenters. The summed E-state index contributed by atoms with van der Waals surface area (Å²) in [6, 6.07) is 0.0692. The molecule has 3 heterocycles. The van der Waals surface area contributed by atoms with Crippen LogP contribution in [0.5, 0.6) is 0 Å². The number of carbonyl (C=O) groups excluding carboxylic acids is 1. The number of aryl methyl sites for hydroxylation is 1. The molecule has 7 heteroatoms.